The summed E-state index contributed by atoms with van der Waals surface area (Å²) >= 11 is 0. The summed E-state index contributed by atoms with van der Waals surface area (Å²) in [6.45, 7) is 8.44. The molecule has 0 saturated carbocycles. The number of hydrogen-bond acceptors (Lipinski definition) is 1. The molecule has 0 bridgehead atoms. The van der Waals surface area contributed by atoms with Crippen LogP contribution in [0.15, 0.2) is 36.4 Å². The van der Waals surface area contributed by atoms with E-state index in [1.807, 2.05) is 0 Å². The van der Waals surface area contributed by atoms with E-state index in [4.69, 9.17) is 0 Å². The molecule has 2 unspecified atom stereocenters. The molecule has 2 rings (SSSR count). The van der Waals surface area contributed by atoms with Crippen LogP contribution in [-0.4, -0.2) is 6.04 Å². The van der Waals surface area contributed by atoms with Gasteiger partial charge < -0.3 is 5.32 Å². The van der Waals surface area contributed by atoms with E-state index in [2.05, 4.69) is 50.0 Å². The predicted octanol–water partition coefficient (Wildman–Crippen LogP) is 4.40. The Hall–Kier alpha value is -1.08. The molecule has 1 aliphatic heterocycles. The maximum atomic E-state index is 4.05. The van der Waals surface area contributed by atoms with Crippen LogP contribution in [0.2, 0.25) is 0 Å². The minimum absolute atomic E-state index is 0.541. The Balaban J connectivity index is 2.15. The van der Waals surface area contributed by atoms with Crippen LogP contribution in [0.1, 0.15) is 56.7 Å². The molecule has 0 spiro atoms. The Labute approximate surface area is 111 Å². The van der Waals surface area contributed by atoms with Crippen LogP contribution in [0.25, 0.3) is 0 Å². The van der Waals surface area contributed by atoms with Crippen molar-refractivity contribution in [3.63, 3.8) is 0 Å². The molecular formula is C17H25N. The number of benzene rings is 1. The van der Waals surface area contributed by atoms with Crippen molar-refractivity contribution in [2.75, 3.05) is 0 Å². The minimum atomic E-state index is 0.541. The lowest BCUT2D eigenvalue weighted by Crippen LogP contribution is -2.39. The second-order valence-corrected chi connectivity index (χ2v) is 5.62. The van der Waals surface area contributed by atoms with Gasteiger partial charge in [0.15, 0.2) is 0 Å². The molecule has 18 heavy (non-hydrogen) atoms. The average molecular weight is 243 g/mol. The maximum absolute atomic E-state index is 4.05. The van der Waals surface area contributed by atoms with Crippen molar-refractivity contribution in [2.45, 2.75) is 58.0 Å². The van der Waals surface area contributed by atoms with Gasteiger partial charge >= 0.3 is 0 Å². The van der Waals surface area contributed by atoms with Crippen molar-refractivity contribution < 1.29 is 0 Å². The van der Waals surface area contributed by atoms with Crippen molar-refractivity contribution in [1.29, 1.82) is 0 Å². The van der Waals surface area contributed by atoms with Gasteiger partial charge in [0.2, 0.25) is 0 Å². The number of nitrogens with one attached hydrogen (secondary N) is 1. The van der Waals surface area contributed by atoms with Crippen LogP contribution in [0.4, 0.5) is 0 Å². The smallest absolute Gasteiger partial charge is 0.0325 e. The van der Waals surface area contributed by atoms with E-state index in [-0.39, 0.29) is 0 Å². The van der Waals surface area contributed by atoms with Gasteiger partial charge in [0.1, 0.15) is 0 Å². The molecule has 1 nitrogen and oxygen atoms in total. The zero-order chi connectivity index (χ0) is 13.0. The van der Waals surface area contributed by atoms with Crippen LogP contribution < -0.4 is 5.32 Å². The molecule has 1 heterocycles. The van der Waals surface area contributed by atoms with Crippen molar-refractivity contribution in [1.82, 2.24) is 5.32 Å². The summed E-state index contributed by atoms with van der Waals surface area (Å²) in [7, 11) is 0. The fraction of sp³-hybridized carbons (Fsp3) is 0.529. The average Bonchev–Trinajstić information content (AvgIpc) is 2.35. The van der Waals surface area contributed by atoms with Gasteiger partial charge in [-0.25, -0.2) is 0 Å². The second-order valence-electron chi connectivity index (χ2n) is 5.62. The van der Waals surface area contributed by atoms with Crippen molar-refractivity contribution in [3.8, 4) is 0 Å². The molecule has 0 fully saturated rings. The zero-order valence-electron chi connectivity index (χ0n) is 11.7. The normalized spacial score (nSPS) is 22.6. The first kappa shape index (κ1) is 13.4. The summed E-state index contributed by atoms with van der Waals surface area (Å²) in [6, 6.07) is 10.0. The van der Waals surface area contributed by atoms with Gasteiger partial charge in [0.05, 0.1) is 0 Å². The molecule has 2 atom stereocenters. The van der Waals surface area contributed by atoms with E-state index < -0.39 is 0 Å². The number of unbranched alkanes of at least 4 members (excludes halogenated alkanes) is 1. The Morgan fingerprint density at radius 3 is 2.89 bits per heavy atom. The van der Waals surface area contributed by atoms with E-state index in [1.165, 1.54) is 36.0 Å². The molecule has 0 saturated heterocycles. The summed E-state index contributed by atoms with van der Waals surface area (Å²) in [6.07, 6.45) is 6.06. The first-order chi connectivity index (χ1) is 8.70. The molecule has 0 aromatic heterocycles. The maximum Gasteiger partial charge on any atom is 0.0325 e. The highest BCUT2D eigenvalue weighted by Crippen LogP contribution is 2.30. The summed E-state index contributed by atoms with van der Waals surface area (Å²) in [5.74, 6) is 0. The topological polar surface area (TPSA) is 12.0 Å². The third-order valence-corrected chi connectivity index (χ3v) is 3.77. The van der Waals surface area contributed by atoms with Gasteiger partial charge in [-0.1, -0.05) is 49.6 Å². The standard InChI is InChI=1S/C17H25N/c1-4-5-10-17-16-9-7-6-8-14(16)12-15(18-17)11-13(2)3/h6-9,15,17-18H,2,4-5,10-12H2,1,3H3. The first-order valence-corrected chi connectivity index (χ1v) is 7.19. The first-order valence-electron chi connectivity index (χ1n) is 7.19. The molecule has 98 valence electrons. The fourth-order valence-corrected chi connectivity index (χ4v) is 2.96. The third-order valence-electron chi connectivity index (χ3n) is 3.77. The van der Waals surface area contributed by atoms with Gasteiger partial charge in [0, 0.05) is 12.1 Å². The lowest BCUT2D eigenvalue weighted by molar-refractivity contribution is 0.376. The van der Waals surface area contributed by atoms with Crippen molar-refractivity contribution in [2.24, 2.45) is 0 Å². The molecule has 0 amide bonds. The van der Waals surface area contributed by atoms with Gasteiger partial charge in [-0.2, -0.15) is 0 Å². The number of hydrogen-bond donors (Lipinski definition) is 1. The Bertz CT molecular complexity index is 408. The SMILES string of the molecule is C=C(C)CC1Cc2ccccc2C(CCCC)N1. The molecule has 1 aromatic carbocycles. The minimum Gasteiger partial charge on any atom is -0.307 e. The van der Waals surface area contributed by atoms with Gasteiger partial charge in [0.25, 0.3) is 0 Å². The van der Waals surface area contributed by atoms with Crippen LogP contribution in [-0.2, 0) is 6.42 Å². The number of fused-ring (bicyclic) bond motifs is 1. The Morgan fingerprint density at radius 2 is 2.17 bits per heavy atom. The molecule has 1 N–H and O–H groups in total. The summed E-state index contributed by atoms with van der Waals surface area (Å²) in [5, 5.41) is 3.81. The lowest BCUT2D eigenvalue weighted by atomic mass is 9.86. The molecular weight excluding hydrogens is 218 g/mol. The van der Waals surface area contributed by atoms with Gasteiger partial charge in [-0.05, 0) is 37.3 Å². The monoisotopic (exact) mass is 243 g/mol. The Morgan fingerprint density at radius 1 is 1.39 bits per heavy atom. The highest BCUT2D eigenvalue weighted by Gasteiger charge is 2.25. The highest BCUT2D eigenvalue weighted by atomic mass is 15.0. The van der Waals surface area contributed by atoms with Crippen molar-refractivity contribution >= 4 is 0 Å². The van der Waals surface area contributed by atoms with Gasteiger partial charge in [-0.15, -0.1) is 6.58 Å². The van der Waals surface area contributed by atoms with E-state index in [1.54, 1.807) is 0 Å². The largest absolute Gasteiger partial charge is 0.307 e. The van der Waals surface area contributed by atoms with E-state index in [9.17, 15) is 0 Å². The van der Waals surface area contributed by atoms with Crippen molar-refractivity contribution in [3.05, 3.63) is 47.5 Å². The highest BCUT2D eigenvalue weighted by molar-refractivity contribution is 5.33. The molecule has 1 aromatic rings. The predicted molar refractivity (Wildman–Crippen MR) is 78.8 cm³/mol. The summed E-state index contributed by atoms with van der Waals surface area (Å²) < 4.78 is 0. The Kier molecular flexibility index (Phi) is 4.60. The van der Waals surface area contributed by atoms with Crippen LogP contribution in [0.5, 0.6) is 0 Å². The van der Waals surface area contributed by atoms with Crippen LogP contribution in [0.3, 0.4) is 0 Å². The summed E-state index contributed by atoms with van der Waals surface area (Å²) in [4.78, 5) is 0. The molecule has 1 aliphatic rings. The molecule has 0 radical (unpaired) electrons. The zero-order valence-corrected chi connectivity index (χ0v) is 11.7. The molecule has 1 heteroatoms. The fourth-order valence-electron chi connectivity index (χ4n) is 2.96. The van der Waals surface area contributed by atoms with Crippen LogP contribution >= 0.6 is 0 Å². The quantitative estimate of drug-likeness (QED) is 0.756. The van der Waals surface area contributed by atoms with E-state index >= 15 is 0 Å². The molecule has 0 aliphatic carbocycles. The number of rotatable bonds is 5. The van der Waals surface area contributed by atoms with Crippen LogP contribution in [0, 0.1) is 0 Å². The lowest BCUT2D eigenvalue weighted by Gasteiger charge is -2.33. The second kappa shape index (κ2) is 6.19. The third kappa shape index (κ3) is 3.23. The summed E-state index contributed by atoms with van der Waals surface area (Å²) in [5.41, 5.74) is 4.33. The van der Waals surface area contributed by atoms with Gasteiger partial charge in [-0.3, -0.25) is 0 Å². The van der Waals surface area contributed by atoms with E-state index in [0.717, 1.165) is 12.8 Å². The van der Waals surface area contributed by atoms with E-state index in [0.29, 0.717) is 12.1 Å².